The Hall–Kier alpha value is -3.23. The van der Waals surface area contributed by atoms with Crippen molar-refractivity contribution in [2.24, 2.45) is 0 Å². The Morgan fingerprint density at radius 2 is 1.88 bits per heavy atom. The van der Waals surface area contributed by atoms with Crippen LogP contribution < -0.4 is 10.2 Å². The van der Waals surface area contributed by atoms with Crippen molar-refractivity contribution < 1.29 is 23.1 Å². The van der Waals surface area contributed by atoms with E-state index in [-0.39, 0.29) is 28.2 Å². The molecule has 0 aliphatic carbocycles. The summed E-state index contributed by atoms with van der Waals surface area (Å²) < 4.78 is 30.7. The highest BCUT2D eigenvalue weighted by Crippen LogP contribution is 2.41. The SMILES string of the molecule is COc1ccccc1[C@@H]1c2c(oc3ccc(F)cc3c2=O)C(=O)N1CCN1CCOCC1. The number of carbonyl (C=O) groups is 1. The molecule has 1 saturated heterocycles. The quantitative estimate of drug-likeness (QED) is 0.610. The van der Waals surface area contributed by atoms with Crippen molar-refractivity contribution in [1.29, 1.82) is 0 Å². The molecule has 1 aromatic heterocycles. The molecule has 2 aliphatic rings. The van der Waals surface area contributed by atoms with Gasteiger partial charge in [0.1, 0.15) is 17.1 Å². The van der Waals surface area contributed by atoms with Crippen molar-refractivity contribution >= 4 is 16.9 Å². The summed E-state index contributed by atoms with van der Waals surface area (Å²) in [5, 5.41) is 0.117. The number of ether oxygens (including phenoxy) is 2. The van der Waals surface area contributed by atoms with Crippen LogP contribution in [0, 0.1) is 5.82 Å². The minimum atomic E-state index is -0.682. The average Bonchev–Trinajstić information content (AvgIpc) is 3.10. The van der Waals surface area contributed by atoms with Crippen LogP contribution in [0.1, 0.15) is 27.7 Å². The lowest BCUT2D eigenvalue weighted by Gasteiger charge is -2.31. The molecule has 1 fully saturated rings. The van der Waals surface area contributed by atoms with E-state index >= 15 is 0 Å². The summed E-state index contributed by atoms with van der Waals surface area (Å²) in [6, 6.07) is 10.4. The predicted octanol–water partition coefficient (Wildman–Crippen LogP) is 2.82. The van der Waals surface area contributed by atoms with Gasteiger partial charge in [0, 0.05) is 31.7 Å². The summed E-state index contributed by atoms with van der Waals surface area (Å²) in [6.45, 7) is 3.92. The van der Waals surface area contributed by atoms with Crippen LogP contribution >= 0.6 is 0 Å². The average molecular weight is 438 g/mol. The third-order valence-electron chi connectivity index (χ3n) is 6.12. The molecule has 1 amide bonds. The number of morpholine rings is 1. The Kier molecular flexibility index (Phi) is 5.40. The van der Waals surface area contributed by atoms with Gasteiger partial charge in [-0.2, -0.15) is 0 Å². The van der Waals surface area contributed by atoms with Gasteiger partial charge in [-0.05, 0) is 24.3 Å². The number of amides is 1. The Balaban J connectivity index is 1.64. The fourth-order valence-electron chi connectivity index (χ4n) is 4.51. The lowest BCUT2D eigenvalue weighted by atomic mass is 9.97. The molecule has 8 heteroatoms. The summed E-state index contributed by atoms with van der Waals surface area (Å²) in [5.74, 6) is -0.320. The number of fused-ring (bicyclic) bond motifs is 2. The minimum absolute atomic E-state index is 0.00647. The summed E-state index contributed by atoms with van der Waals surface area (Å²) in [4.78, 5) is 30.8. The minimum Gasteiger partial charge on any atom is -0.496 e. The molecule has 32 heavy (non-hydrogen) atoms. The highest BCUT2D eigenvalue weighted by atomic mass is 19.1. The molecular weight excluding hydrogens is 415 g/mol. The highest BCUT2D eigenvalue weighted by molar-refractivity contribution is 5.99. The number of hydrogen-bond donors (Lipinski definition) is 0. The van der Waals surface area contributed by atoms with Crippen LogP contribution in [0.5, 0.6) is 5.75 Å². The van der Waals surface area contributed by atoms with E-state index in [4.69, 9.17) is 13.9 Å². The van der Waals surface area contributed by atoms with Crippen molar-refractivity contribution in [2.45, 2.75) is 6.04 Å². The molecule has 1 atom stereocenters. The van der Waals surface area contributed by atoms with Gasteiger partial charge in [0.2, 0.25) is 5.76 Å². The highest BCUT2D eigenvalue weighted by Gasteiger charge is 2.43. The molecule has 3 aromatic rings. The van der Waals surface area contributed by atoms with Crippen molar-refractivity contribution in [3.63, 3.8) is 0 Å². The molecule has 0 N–H and O–H groups in total. The van der Waals surface area contributed by atoms with E-state index in [1.807, 2.05) is 18.2 Å². The molecule has 0 spiro atoms. The van der Waals surface area contributed by atoms with Crippen LogP contribution in [0.3, 0.4) is 0 Å². The number of para-hydroxylation sites is 1. The predicted molar refractivity (Wildman–Crippen MR) is 116 cm³/mol. The van der Waals surface area contributed by atoms with Crippen LogP contribution in [0.2, 0.25) is 0 Å². The van der Waals surface area contributed by atoms with Gasteiger partial charge in [-0.25, -0.2) is 4.39 Å². The fraction of sp³-hybridized carbons (Fsp3) is 0.333. The zero-order valence-corrected chi connectivity index (χ0v) is 17.7. The van der Waals surface area contributed by atoms with Gasteiger partial charge in [-0.3, -0.25) is 14.5 Å². The lowest BCUT2D eigenvalue weighted by molar-refractivity contribution is 0.0314. The third-order valence-corrected chi connectivity index (χ3v) is 6.12. The second kappa shape index (κ2) is 8.37. The van der Waals surface area contributed by atoms with Gasteiger partial charge >= 0.3 is 0 Å². The zero-order valence-electron chi connectivity index (χ0n) is 17.7. The number of rotatable bonds is 5. The standard InChI is InChI=1S/C24H23FN2O5/c1-30-18-5-3-2-4-16(18)21-20-22(28)17-14-15(25)6-7-19(17)32-23(20)24(29)27(21)9-8-26-10-12-31-13-11-26/h2-7,14,21H,8-13H2,1H3/t21-/m1/s1. The molecule has 5 rings (SSSR count). The molecule has 2 aliphatic heterocycles. The maximum atomic E-state index is 13.9. The van der Waals surface area contributed by atoms with Gasteiger partial charge in [0.05, 0.1) is 37.3 Å². The molecule has 0 radical (unpaired) electrons. The normalized spacial score (nSPS) is 18.9. The topological polar surface area (TPSA) is 72.2 Å². The fourth-order valence-corrected chi connectivity index (χ4v) is 4.51. The number of carbonyl (C=O) groups excluding carboxylic acids is 1. The first-order chi connectivity index (χ1) is 15.6. The van der Waals surface area contributed by atoms with Crippen LogP contribution in [-0.2, 0) is 4.74 Å². The van der Waals surface area contributed by atoms with Gasteiger partial charge in [-0.1, -0.05) is 18.2 Å². The second-order valence-electron chi connectivity index (χ2n) is 7.91. The van der Waals surface area contributed by atoms with E-state index in [2.05, 4.69) is 4.90 Å². The zero-order chi connectivity index (χ0) is 22.2. The first kappa shape index (κ1) is 20.7. The Morgan fingerprint density at radius 1 is 1.09 bits per heavy atom. The lowest BCUT2D eigenvalue weighted by Crippen LogP contribution is -2.42. The molecular formula is C24H23FN2O5. The van der Waals surface area contributed by atoms with Crippen LogP contribution in [0.4, 0.5) is 4.39 Å². The maximum Gasteiger partial charge on any atom is 0.290 e. The van der Waals surface area contributed by atoms with E-state index in [0.29, 0.717) is 37.6 Å². The summed E-state index contributed by atoms with van der Waals surface area (Å²) in [7, 11) is 1.55. The second-order valence-corrected chi connectivity index (χ2v) is 7.91. The van der Waals surface area contributed by atoms with E-state index < -0.39 is 17.3 Å². The molecule has 3 heterocycles. The van der Waals surface area contributed by atoms with Crippen molar-refractivity contribution in [3.05, 3.63) is 75.4 Å². The summed E-state index contributed by atoms with van der Waals surface area (Å²) in [6.07, 6.45) is 0. The van der Waals surface area contributed by atoms with E-state index in [1.54, 1.807) is 18.1 Å². The van der Waals surface area contributed by atoms with Crippen molar-refractivity contribution in [1.82, 2.24) is 9.80 Å². The third kappa shape index (κ3) is 3.45. The van der Waals surface area contributed by atoms with E-state index in [9.17, 15) is 14.0 Å². The van der Waals surface area contributed by atoms with Gasteiger partial charge in [-0.15, -0.1) is 0 Å². The Labute approximate surface area is 183 Å². The molecule has 2 aromatic carbocycles. The molecule has 0 saturated carbocycles. The largest absolute Gasteiger partial charge is 0.496 e. The first-order valence-corrected chi connectivity index (χ1v) is 10.6. The van der Waals surface area contributed by atoms with Crippen molar-refractivity contribution in [3.8, 4) is 5.75 Å². The molecule has 7 nitrogen and oxygen atoms in total. The molecule has 0 unspecified atom stereocenters. The van der Waals surface area contributed by atoms with Crippen LogP contribution in [0.25, 0.3) is 11.0 Å². The monoisotopic (exact) mass is 438 g/mol. The Morgan fingerprint density at radius 3 is 2.66 bits per heavy atom. The molecule has 0 bridgehead atoms. The number of hydrogen-bond acceptors (Lipinski definition) is 6. The number of nitrogens with zero attached hydrogens (tertiary/aromatic N) is 2. The van der Waals surface area contributed by atoms with E-state index in [0.717, 1.165) is 19.2 Å². The number of methoxy groups -OCH3 is 1. The summed E-state index contributed by atoms with van der Waals surface area (Å²) in [5.41, 5.74) is 0.697. The van der Waals surface area contributed by atoms with Gasteiger partial charge < -0.3 is 18.8 Å². The van der Waals surface area contributed by atoms with Crippen LogP contribution in [-0.4, -0.2) is 62.2 Å². The molecule has 166 valence electrons. The van der Waals surface area contributed by atoms with E-state index in [1.165, 1.54) is 12.1 Å². The Bertz CT molecular complexity index is 1230. The summed E-state index contributed by atoms with van der Waals surface area (Å²) >= 11 is 0. The van der Waals surface area contributed by atoms with Gasteiger partial charge in [0.15, 0.2) is 5.43 Å². The smallest absolute Gasteiger partial charge is 0.290 e. The number of benzene rings is 2. The van der Waals surface area contributed by atoms with Crippen LogP contribution in [0.15, 0.2) is 51.7 Å². The maximum absolute atomic E-state index is 13.9. The first-order valence-electron chi connectivity index (χ1n) is 10.6. The number of halogens is 1. The van der Waals surface area contributed by atoms with Crippen molar-refractivity contribution in [2.75, 3.05) is 46.5 Å². The van der Waals surface area contributed by atoms with Gasteiger partial charge in [0.25, 0.3) is 5.91 Å².